The van der Waals surface area contributed by atoms with Gasteiger partial charge < -0.3 is 14.9 Å². The van der Waals surface area contributed by atoms with Crippen LogP contribution in [0.1, 0.15) is 18.4 Å². The second kappa shape index (κ2) is 9.40. The number of hydrogen-bond donors (Lipinski definition) is 3. The fraction of sp³-hybridized carbons (Fsp3) is 0.190. The van der Waals surface area contributed by atoms with Gasteiger partial charge in [0, 0.05) is 10.8 Å². The Bertz CT molecular complexity index is 1090. The number of carboxylic acids is 1. The van der Waals surface area contributed by atoms with Gasteiger partial charge in [-0.25, -0.2) is 8.42 Å². The van der Waals surface area contributed by atoms with Crippen LogP contribution in [0.2, 0.25) is 0 Å². The van der Waals surface area contributed by atoms with Crippen molar-refractivity contribution in [3.05, 3.63) is 72.3 Å². The Morgan fingerprint density at radius 2 is 1.73 bits per heavy atom. The molecule has 0 radical (unpaired) electrons. The molecule has 0 spiro atoms. The number of aliphatic carboxylic acids is 1. The van der Waals surface area contributed by atoms with Crippen molar-refractivity contribution in [1.29, 1.82) is 0 Å². The van der Waals surface area contributed by atoms with Crippen molar-refractivity contribution < 1.29 is 28.2 Å². The summed E-state index contributed by atoms with van der Waals surface area (Å²) in [7, 11) is -4.03. The zero-order valence-corrected chi connectivity index (χ0v) is 17.7. The highest BCUT2D eigenvalue weighted by atomic mass is 32.2. The molecule has 30 heavy (non-hydrogen) atoms. The lowest BCUT2D eigenvalue weighted by molar-refractivity contribution is -0.139. The van der Waals surface area contributed by atoms with Crippen molar-refractivity contribution in [2.75, 3.05) is 6.79 Å². The van der Waals surface area contributed by atoms with Gasteiger partial charge in [0.05, 0.1) is 0 Å². The van der Waals surface area contributed by atoms with Crippen molar-refractivity contribution in [2.45, 2.75) is 23.1 Å². The molecule has 158 valence electrons. The first-order valence-corrected chi connectivity index (χ1v) is 11.4. The number of sulfonamides is 1. The van der Waals surface area contributed by atoms with Gasteiger partial charge >= 0.3 is 5.97 Å². The highest BCUT2D eigenvalue weighted by molar-refractivity contribution is 7.91. The molecular weight excluding hydrogens is 426 g/mol. The molecule has 1 aromatic heterocycles. The topological polar surface area (TPSA) is 113 Å². The van der Waals surface area contributed by atoms with Gasteiger partial charge in [-0.3, -0.25) is 4.79 Å². The average molecular weight is 448 g/mol. The summed E-state index contributed by atoms with van der Waals surface area (Å²) in [6.45, 7) is 1.24. The zero-order valence-electron chi connectivity index (χ0n) is 16.1. The molecule has 3 aromatic rings. The largest absolute Gasteiger partial charge is 0.480 e. The molecule has 2 unspecified atom stereocenters. The van der Waals surface area contributed by atoms with E-state index in [1.165, 1.54) is 6.07 Å². The average Bonchev–Trinajstić information content (AvgIpc) is 3.24. The Labute approximate surface area is 178 Å². The predicted molar refractivity (Wildman–Crippen MR) is 114 cm³/mol. The van der Waals surface area contributed by atoms with Crippen molar-refractivity contribution in [3.63, 3.8) is 0 Å². The number of aliphatic hydroxyl groups is 1. The molecular formula is C21H21NO6S2. The van der Waals surface area contributed by atoms with Crippen LogP contribution in [0.4, 0.5) is 0 Å². The van der Waals surface area contributed by atoms with E-state index in [9.17, 15) is 18.3 Å². The molecule has 0 aliphatic rings. The first-order chi connectivity index (χ1) is 14.3. The van der Waals surface area contributed by atoms with Crippen LogP contribution in [0, 0.1) is 0 Å². The molecule has 1 heterocycles. The van der Waals surface area contributed by atoms with Crippen LogP contribution in [-0.2, 0) is 14.8 Å². The van der Waals surface area contributed by atoms with Crippen LogP contribution in [-0.4, -0.2) is 37.4 Å². The van der Waals surface area contributed by atoms with E-state index in [4.69, 9.17) is 9.84 Å². The van der Waals surface area contributed by atoms with Crippen LogP contribution in [0.25, 0.3) is 10.4 Å². The van der Waals surface area contributed by atoms with Crippen LogP contribution in [0.5, 0.6) is 5.75 Å². The summed E-state index contributed by atoms with van der Waals surface area (Å²) in [5.41, 5.74) is 1.50. The maximum absolute atomic E-state index is 12.9. The van der Waals surface area contributed by atoms with E-state index in [1.807, 2.05) is 6.07 Å². The van der Waals surface area contributed by atoms with Crippen LogP contribution in [0.15, 0.2) is 70.9 Å². The first kappa shape index (κ1) is 22.0. The number of carbonyl (C=O) groups is 1. The van der Waals surface area contributed by atoms with E-state index < -0.39 is 34.7 Å². The lowest BCUT2D eigenvalue weighted by atomic mass is 9.94. The lowest BCUT2D eigenvalue weighted by Crippen LogP contribution is -2.43. The van der Waals surface area contributed by atoms with E-state index >= 15 is 0 Å². The molecule has 3 N–H and O–H groups in total. The van der Waals surface area contributed by atoms with Gasteiger partial charge in [-0.05, 0) is 47.5 Å². The third-order valence-electron chi connectivity index (χ3n) is 4.59. The Kier molecular flexibility index (Phi) is 6.88. The van der Waals surface area contributed by atoms with E-state index in [0.717, 1.165) is 22.5 Å². The van der Waals surface area contributed by atoms with Crippen molar-refractivity contribution in [3.8, 4) is 16.2 Å². The first-order valence-electron chi connectivity index (χ1n) is 9.06. The van der Waals surface area contributed by atoms with Crippen LogP contribution < -0.4 is 9.46 Å². The van der Waals surface area contributed by atoms with Crippen LogP contribution >= 0.6 is 11.3 Å². The SMILES string of the molecule is CC(c1ccccc1)C(NS(=O)(=O)c1ccc(-c2ccc(OCO)cc2)s1)C(=O)O. The smallest absolute Gasteiger partial charge is 0.322 e. The highest BCUT2D eigenvalue weighted by Gasteiger charge is 2.31. The Morgan fingerprint density at radius 1 is 1.07 bits per heavy atom. The number of thiophene rings is 1. The summed E-state index contributed by atoms with van der Waals surface area (Å²) in [6.07, 6.45) is 0. The summed E-state index contributed by atoms with van der Waals surface area (Å²) in [5.74, 6) is -1.31. The Balaban J connectivity index is 1.81. The van der Waals surface area contributed by atoms with Gasteiger partial charge in [0.25, 0.3) is 10.0 Å². The van der Waals surface area contributed by atoms with Gasteiger partial charge in [-0.1, -0.05) is 37.3 Å². The van der Waals surface area contributed by atoms with E-state index in [1.54, 1.807) is 61.5 Å². The monoisotopic (exact) mass is 447 g/mol. The molecule has 0 aliphatic heterocycles. The van der Waals surface area contributed by atoms with E-state index in [0.29, 0.717) is 10.6 Å². The minimum absolute atomic E-state index is 0.0275. The number of ether oxygens (including phenoxy) is 1. The fourth-order valence-electron chi connectivity index (χ4n) is 2.95. The highest BCUT2D eigenvalue weighted by Crippen LogP contribution is 2.32. The molecule has 0 bridgehead atoms. The third-order valence-corrected chi connectivity index (χ3v) is 7.66. The van der Waals surface area contributed by atoms with Gasteiger partial charge in [-0.15, -0.1) is 11.3 Å². The molecule has 0 amide bonds. The van der Waals surface area contributed by atoms with Crippen molar-refractivity contribution in [2.24, 2.45) is 0 Å². The standard InChI is InChI=1S/C21H21NO6S2/c1-14(15-5-3-2-4-6-15)20(21(24)25)22-30(26,27)19-12-11-18(29-19)16-7-9-17(10-8-16)28-13-23/h2-12,14,20,22-23H,13H2,1H3,(H,24,25). The van der Waals surface area contributed by atoms with Gasteiger partial charge in [-0.2, -0.15) is 4.72 Å². The maximum Gasteiger partial charge on any atom is 0.322 e. The van der Waals surface area contributed by atoms with Crippen molar-refractivity contribution >= 4 is 27.3 Å². The van der Waals surface area contributed by atoms with Gasteiger partial charge in [0.2, 0.25) is 0 Å². The number of hydrogen-bond acceptors (Lipinski definition) is 6. The third kappa shape index (κ3) is 5.06. The number of carboxylic acid groups (broad SMARTS) is 1. The summed E-state index contributed by atoms with van der Waals surface area (Å²) >= 11 is 1.04. The predicted octanol–water partition coefficient (Wildman–Crippen LogP) is 3.28. The molecule has 0 saturated heterocycles. The second-order valence-corrected chi connectivity index (χ2v) is 9.58. The minimum Gasteiger partial charge on any atom is -0.480 e. The summed E-state index contributed by atoms with van der Waals surface area (Å²) in [4.78, 5) is 12.5. The van der Waals surface area contributed by atoms with E-state index in [-0.39, 0.29) is 4.21 Å². The van der Waals surface area contributed by atoms with Gasteiger partial charge in [0.1, 0.15) is 16.0 Å². The molecule has 0 fully saturated rings. The van der Waals surface area contributed by atoms with Crippen molar-refractivity contribution in [1.82, 2.24) is 4.72 Å². The molecule has 0 aliphatic carbocycles. The van der Waals surface area contributed by atoms with Gasteiger partial charge in [0.15, 0.2) is 6.79 Å². The van der Waals surface area contributed by atoms with Crippen LogP contribution in [0.3, 0.4) is 0 Å². The normalized spacial score (nSPS) is 13.5. The van der Waals surface area contributed by atoms with E-state index in [2.05, 4.69) is 4.72 Å². The summed E-state index contributed by atoms with van der Waals surface area (Å²) in [5, 5.41) is 18.4. The number of rotatable bonds is 9. The molecule has 9 heteroatoms. The molecule has 2 atom stereocenters. The Hall–Kier alpha value is -2.72. The Morgan fingerprint density at radius 3 is 2.33 bits per heavy atom. The zero-order chi connectivity index (χ0) is 21.7. The maximum atomic E-state index is 12.9. The molecule has 3 rings (SSSR count). The number of benzene rings is 2. The summed E-state index contributed by atoms with van der Waals surface area (Å²) < 4.78 is 33.0. The number of aliphatic hydroxyl groups excluding tert-OH is 1. The molecule has 7 nitrogen and oxygen atoms in total. The fourth-order valence-corrected chi connectivity index (χ4v) is 5.55. The number of nitrogens with one attached hydrogen (secondary N) is 1. The summed E-state index contributed by atoms with van der Waals surface area (Å²) in [6, 6.07) is 17.5. The lowest BCUT2D eigenvalue weighted by Gasteiger charge is -2.21. The minimum atomic E-state index is -4.03. The quantitative estimate of drug-likeness (QED) is 0.434. The molecule has 2 aromatic carbocycles. The molecule has 0 saturated carbocycles. The second-order valence-electron chi connectivity index (χ2n) is 6.55.